The molecule has 1 saturated heterocycles. The van der Waals surface area contributed by atoms with E-state index in [0.717, 1.165) is 37.9 Å². The van der Waals surface area contributed by atoms with Crippen LogP contribution in [0.15, 0.2) is 54.0 Å². The molecule has 32 heavy (non-hydrogen) atoms. The van der Waals surface area contributed by atoms with Crippen LogP contribution in [0.5, 0.6) is 0 Å². The number of fused-ring (bicyclic) bond motifs is 2. The second-order valence-electron chi connectivity index (χ2n) is 8.43. The number of hydrogen-bond acceptors (Lipinski definition) is 6. The van der Waals surface area contributed by atoms with Crippen molar-refractivity contribution in [3.05, 3.63) is 70.7 Å². The van der Waals surface area contributed by atoms with Crippen molar-refractivity contribution in [2.24, 2.45) is 5.92 Å². The van der Waals surface area contributed by atoms with Gasteiger partial charge in [0.25, 0.3) is 5.79 Å². The van der Waals surface area contributed by atoms with E-state index in [1.807, 2.05) is 41.9 Å². The van der Waals surface area contributed by atoms with Gasteiger partial charge in [0, 0.05) is 47.3 Å². The third-order valence-corrected chi connectivity index (χ3v) is 7.34. The second-order valence-corrected chi connectivity index (χ2v) is 10.2. The Kier molecular flexibility index (Phi) is 5.26. The van der Waals surface area contributed by atoms with E-state index < -0.39 is 29.6 Å². The molecule has 2 aromatic heterocycles. The topological polar surface area (TPSA) is 68.4 Å². The zero-order valence-electron chi connectivity index (χ0n) is 18.0. The predicted octanol–water partition coefficient (Wildman–Crippen LogP) is 5.83. The lowest BCUT2D eigenvalue weighted by Crippen LogP contribution is -2.48. The van der Waals surface area contributed by atoms with Crippen molar-refractivity contribution < 1.29 is 19.1 Å². The summed E-state index contributed by atoms with van der Waals surface area (Å²) in [6, 6.07) is 14.3. The standard InChI is InChI=1S/C25H23NO4S2/c1-25(2)29-23(27)21(24(28)30-25)20(15-7-8-19-14(11-15)9-10-32-19)18-12-26-22-16(13-31-3)5-4-6-17(18)22/h4-12,20-21,26H,13H2,1-3H3. The van der Waals surface area contributed by atoms with Crippen molar-refractivity contribution in [2.45, 2.75) is 31.3 Å². The van der Waals surface area contributed by atoms with E-state index in [9.17, 15) is 9.59 Å². The van der Waals surface area contributed by atoms with E-state index in [-0.39, 0.29) is 0 Å². The van der Waals surface area contributed by atoms with E-state index in [1.54, 1.807) is 36.9 Å². The van der Waals surface area contributed by atoms with Gasteiger partial charge >= 0.3 is 11.9 Å². The molecule has 0 aliphatic carbocycles. The van der Waals surface area contributed by atoms with Gasteiger partial charge in [-0.15, -0.1) is 11.3 Å². The number of ether oxygens (including phenoxy) is 2. The molecule has 5 rings (SSSR count). The summed E-state index contributed by atoms with van der Waals surface area (Å²) in [5, 5.41) is 4.12. The van der Waals surface area contributed by atoms with Gasteiger partial charge in [0.2, 0.25) is 0 Å². The highest BCUT2D eigenvalue weighted by molar-refractivity contribution is 7.97. The molecule has 2 aromatic carbocycles. The molecular weight excluding hydrogens is 442 g/mol. The van der Waals surface area contributed by atoms with Gasteiger partial charge in [-0.2, -0.15) is 11.8 Å². The fourth-order valence-electron chi connectivity index (χ4n) is 4.50. The van der Waals surface area contributed by atoms with Crippen molar-refractivity contribution in [3.63, 3.8) is 0 Å². The summed E-state index contributed by atoms with van der Waals surface area (Å²) in [5.41, 5.74) is 3.97. The quantitative estimate of drug-likeness (QED) is 0.297. The summed E-state index contributed by atoms with van der Waals surface area (Å²) in [6.07, 6.45) is 3.98. The molecule has 164 valence electrons. The maximum atomic E-state index is 13.1. The number of para-hydroxylation sites is 1. The number of aromatic nitrogens is 1. The Morgan fingerprint density at radius 1 is 1.12 bits per heavy atom. The molecule has 3 heterocycles. The van der Waals surface area contributed by atoms with Crippen LogP contribution in [0, 0.1) is 5.92 Å². The lowest BCUT2D eigenvalue weighted by atomic mass is 9.79. The highest BCUT2D eigenvalue weighted by Gasteiger charge is 2.48. The number of thioether (sulfide) groups is 1. The summed E-state index contributed by atoms with van der Waals surface area (Å²) < 4.78 is 12.2. The van der Waals surface area contributed by atoms with E-state index in [1.165, 1.54) is 5.56 Å². The number of benzene rings is 2. The Morgan fingerprint density at radius 3 is 2.66 bits per heavy atom. The zero-order valence-corrected chi connectivity index (χ0v) is 19.6. The predicted molar refractivity (Wildman–Crippen MR) is 129 cm³/mol. The molecule has 4 aromatic rings. The number of rotatable bonds is 5. The number of esters is 2. The molecule has 5 nitrogen and oxygen atoms in total. The van der Waals surface area contributed by atoms with Gasteiger partial charge in [-0.3, -0.25) is 9.59 Å². The van der Waals surface area contributed by atoms with Crippen molar-refractivity contribution in [2.75, 3.05) is 6.26 Å². The number of cyclic esters (lactones) is 2. The number of hydrogen-bond donors (Lipinski definition) is 1. The highest BCUT2D eigenvalue weighted by Crippen LogP contribution is 2.42. The van der Waals surface area contributed by atoms with Gasteiger partial charge < -0.3 is 14.5 Å². The van der Waals surface area contributed by atoms with E-state index in [2.05, 4.69) is 23.4 Å². The van der Waals surface area contributed by atoms with E-state index in [4.69, 9.17) is 9.47 Å². The minimum absolute atomic E-state index is 0.534. The van der Waals surface area contributed by atoms with Gasteiger partial charge in [-0.05, 0) is 51.9 Å². The van der Waals surface area contributed by atoms with Gasteiger partial charge in [0.15, 0.2) is 5.92 Å². The Bertz CT molecular complexity index is 1320. The SMILES string of the molecule is CSCc1cccc2c(C(c3ccc4sccc4c3)C3C(=O)OC(C)(C)OC3=O)c[nH]c12. The van der Waals surface area contributed by atoms with Crippen LogP contribution < -0.4 is 0 Å². The molecule has 1 aliphatic rings. The van der Waals surface area contributed by atoms with Gasteiger partial charge in [0.05, 0.1) is 0 Å². The first-order valence-electron chi connectivity index (χ1n) is 10.4. The minimum Gasteiger partial charge on any atom is -0.422 e. The molecule has 0 spiro atoms. The number of thiophene rings is 1. The van der Waals surface area contributed by atoms with Crippen molar-refractivity contribution in [1.82, 2.24) is 4.98 Å². The van der Waals surface area contributed by atoms with Gasteiger partial charge in [0.1, 0.15) is 0 Å². The molecule has 1 fully saturated rings. The number of H-pyrrole nitrogens is 1. The third kappa shape index (κ3) is 3.59. The fourth-order valence-corrected chi connectivity index (χ4v) is 5.83. The Morgan fingerprint density at radius 2 is 1.91 bits per heavy atom. The Hall–Kier alpha value is -2.77. The first-order chi connectivity index (χ1) is 15.4. The summed E-state index contributed by atoms with van der Waals surface area (Å²) >= 11 is 3.41. The highest BCUT2D eigenvalue weighted by atomic mass is 32.2. The molecule has 1 N–H and O–H groups in total. The summed E-state index contributed by atoms with van der Waals surface area (Å²) in [7, 11) is 0. The molecule has 1 atom stereocenters. The molecule has 0 radical (unpaired) electrons. The average Bonchev–Trinajstić information content (AvgIpc) is 3.37. The van der Waals surface area contributed by atoms with Crippen LogP contribution in [0.3, 0.4) is 0 Å². The lowest BCUT2D eigenvalue weighted by Gasteiger charge is -2.36. The molecule has 7 heteroatoms. The average molecular weight is 466 g/mol. The molecule has 1 unspecified atom stereocenters. The smallest absolute Gasteiger partial charge is 0.324 e. The Balaban J connectivity index is 1.70. The minimum atomic E-state index is -1.27. The van der Waals surface area contributed by atoms with E-state index >= 15 is 0 Å². The molecular formula is C25H23NO4S2. The van der Waals surface area contributed by atoms with Crippen LogP contribution in [0.25, 0.3) is 21.0 Å². The van der Waals surface area contributed by atoms with Crippen molar-refractivity contribution >= 4 is 56.0 Å². The van der Waals surface area contributed by atoms with Crippen LogP contribution in [-0.2, 0) is 24.8 Å². The third-order valence-electron chi connectivity index (χ3n) is 5.84. The van der Waals surface area contributed by atoms with Crippen LogP contribution >= 0.6 is 23.1 Å². The second kappa shape index (κ2) is 7.98. The molecule has 0 bridgehead atoms. The largest absolute Gasteiger partial charge is 0.422 e. The first kappa shape index (κ1) is 21.1. The van der Waals surface area contributed by atoms with Crippen LogP contribution in [0.4, 0.5) is 0 Å². The number of aromatic amines is 1. The summed E-state index contributed by atoms with van der Waals surface area (Å²) in [6.45, 7) is 3.15. The maximum Gasteiger partial charge on any atom is 0.324 e. The van der Waals surface area contributed by atoms with Crippen molar-refractivity contribution in [3.8, 4) is 0 Å². The number of carbonyl (C=O) groups is 2. The van der Waals surface area contributed by atoms with Gasteiger partial charge in [-0.1, -0.05) is 24.3 Å². The van der Waals surface area contributed by atoms with Gasteiger partial charge in [-0.25, -0.2) is 0 Å². The summed E-state index contributed by atoms with van der Waals surface area (Å²) in [4.78, 5) is 29.6. The van der Waals surface area contributed by atoms with E-state index in [0.29, 0.717) is 0 Å². The molecule has 0 saturated carbocycles. The number of carbonyl (C=O) groups excluding carboxylic acids is 2. The monoisotopic (exact) mass is 465 g/mol. The van der Waals surface area contributed by atoms with Crippen LogP contribution in [0.2, 0.25) is 0 Å². The molecule has 0 amide bonds. The molecule has 1 aliphatic heterocycles. The van der Waals surface area contributed by atoms with Crippen LogP contribution in [0.1, 0.15) is 36.5 Å². The first-order valence-corrected chi connectivity index (χ1v) is 12.7. The van der Waals surface area contributed by atoms with Crippen LogP contribution in [-0.4, -0.2) is 29.0 Å². The lowest BCUT2D eigenvalue weighted by molar-refractivity contribution is -0.240. The fraction of sp³-hybridized carbons (Fsp3) is 0.280. The Labute approximate surface area is 194 Å². The summed E-state index contributed by atoms with van der Waals surface area (Å²) in [5.74, 6) is -3.13. The maximum absolute atomic E-state index is 13.1. The zero-order chi connectivity index (χ0) is 22.5. The normalized spacial score (nSPS) is 17.5. The number of nitrogens with one attached hydrogen (secondary N) is 1. The van der Waals surface area contributed by atoms with Crippen molar-refractivity contribution in [1.29, 1.82) is 0 Å².